The Morgan fingerprint density at radius 3 is 2.21 bits per heavy atom. The minimum atomic E-state index is -3.74. The molecule has 0 unspecified atom stereocenters. The Morgan fingerprint density at radius 2 is 1.63 bits per heavy atom. The molecule has 0 amide bonds. The number of benzene rings is 2. The summed E-state index contributed by atoms with van der Waals surface area (Å²) in [6, 6.07) is 12.5. The third-order valence-corrected chi connectivity index (χ3v) is 4.36. The van der Waals surface area contributed by atoms with Gasteiger partial charge in [0, 0.05) is 15.5 Å². The number of rotatable bonds is 3. The van der Waals surface area contributed by atoms with Gasteiger partial charge in [-0.05, 0) is 37.3 Å². The Morgan fingerprint density at radius 1 is 1.00 bits per heavy atom. The van der Waals surface area contributed by atoms with Crippen molar-refractivity contribution in [2.75, 3.05) is 5.73 Å². The first-order valence-electron chi connectivity index (χ1n) is 5.52. The average molecular weight is 294 g/mol. The largest absolute Gasteiger partial charge is 0.399 e. The highest BCUT2D eigenvalue weighted by molar-refractivity contribution is 7.99. The molecule has 0 spiro atoms. The average Bonchev–Trinajstić information content (AvgIpc) is 2.30. The van der Waals surface area contributed by atoms with E-state index in [0.717, 1.165) is 9.79 Å². The quantitative estimate of drug-likeness (QED) is 0.851. The van der Waals surface area contributed by atoms with Gasteiger partial charge >= 0.3 is 0 Å². The molecule has 0 atom stereocenters. The van der Waals surface area contributed by atoms with Crippen LogP contribution in [0.4, 0.5) is 5.69 Å². The predicted octanol–water partition coefficient (Wildman–Crippen LogP) is 2.38. The van der Waals surface area contributed by atoms with Gasteiger partial charge in [-0.3, -0.25) is 0 Å². The van der Waals surface area contributed by atoms with Gasteiger partial charge in [-0.2, -0.15) is 0 Å². The lowest BCUT2D eigenvalue weighted by Gasteiger charge is -2.06. The molecule has 4 nitrogen and oxygen atoms in total. The van der Waals surface area contributed by atoms with Crippen LogP contribution < -0.4 is 10.9 Å². The fraction of sp³-hybridized carbons (Fsp3) is 0.0769. The van der Waals surface area contributed by atoms with Gasteiger partial charge in [-0.1, -0.05) is 29.5 Å². The van der Waals surface area contributed by atoms with Crippen LogP contribution in [-0.2, 0) is 10.0 Å². The molecule has 0 radical (unpaired) electrons. The van der Waals surface area contributed by atoms with Crippen LogP contribution in [0, 0.1) is 6.92 Å². The Balaban J connectivity index is 2.35. The van der Waals surface area contributed by atoms with Crippen LogP contribution >= 0.6 is 11.8 Å². The molecule has 0 saturated carbocycles. The van der Waals surface area contributed by atoms with Crippen LogP contribution in [0.3, 0.4) is 0 Å². The number of nitrogen functional groups attached to an aromatic ring is 1. The van der Waals surface area contributed by atoms with Crippen LogP contribution in [0.1, 0.15) is 5.56 Å². The lowest BCUT2D eigenvalue weighted by Crippen LogP contribution is -2.12. The second-order valence-corrected chi connectivity index (χ2v) is 6.91. The summed E-state index contributed by atoms with van der Waals surface area (Å²) >= 11 is 1.44. The third kappa shape index (κ3) is 3.73. The maximum absolute atomic E-state index is 11.3. The van der Waals surface area contributed by atoms with E-state index in [9.17, 15) is 8.42 Å². The summed E-state index contributed by atoms with van der Waals surface area (Å²) in [5.41, 5.74) is 7.25. The minimum Gasteiger partial charge on any atom is -0.399 e. The van der Waals surface area contributed by atoms with Crippen molar-refractivity contribution in [2.24, 2.45) is 5.14 Å². The summed E-state index contributed by atoms with van der Waals surface area (Å²) in [5.74, 6) is 0. The van der Waals surface area contributed by atoms with Crippen molar-refractivity contribution in [1.82, 2.24) is 0 Å². The molecule has 100 valence electrons. The highest BCUT2D eigenvalue weighted by atomic mass is 32.2. The fourth-order valence-electron chi connectivity index (χ4n) is 1.56. The molecule has 4 N–H and O–H groups in total. The molecular weight excluding hydrogens is 280 g/mol. The number of aryl methyl sites for hydroxylation is 1. The van der Waals surface area contributed by atoms with E-state index in [1.165, 1.54) is 29.5 Å². The molecule has 6 heteroatoms. The Hall–Kier alpha value is -1.50. The molecule has 2 rings (SSSR count). The molecule has 0 bridgehead atoms. The molecule has 0 aliphatic heterocycles. The number of hydrogen-bond acceptors (Lipinski definition) is 4. The lowest BCUT2D eigenvalue weighted by molar-refractivity contribution is 0.597. The molecule has 0 aliphatic rings. The van der Waals surface area contributed by atoms with E-state index in [-0.39, 0.29) is 4.90 Å². The normalized spacial score (nSPS) is 11.5. The van der Waals surface area contributed by atoms with E-state index in [0.29, 0.717) is 5.69 Å². The van der Waals surface area contributed by atoms with Crippen LogP contribution in [0.2, 0.25) is 0 Å². The zero-order valence-corrected chi connectivity index (χ0v) is 12.0. The molecule has 0 fully saturated rings. The number of hydrogen-bond donors (Lipinski definition) is 2. The summed E-state index contributed by atoms with van der Waals surface area (Å²) in [5, 5.41) is 5.12. The van der Waals surface area contributed by atoms with Crippen molar-refractivity contribution in [1.29, 1.82) is 0 Å². The van der Waals surface area contributed by atoms with E-state index in [1.54, 1.807) is 6.07 Å². The van der Waals surface area contributed by atoms with E-state index in [4.69, 9.17) is 10.9 Å². The molecule has 0 heterocycles. The first kappa shape index (κ1) is 13.9. The lowest BCUT2D eigenvalue weighted by atomic mass is 10.2. The van der Waals surface area contributed by atoms with Gasteiger partial charge in [0.1, 0.15) is 0 Å². The van der Waals surface area contributed by atoms with Crippen LogP contribution in [0.25, 0.3) is 0 Å². The van der Waals surface area contributed by atoms with E-state index in [1.807, 2.05) is 31.2 Å². The third-order valence-electron chi connectivity index (χ3n) is 2.49. The molecule has 0 aliphatic carbocycles. The van der Waals surface area contributed by atoms with Crippen molar-refractivity contribution < 1.29 is 8.42 Å². The minimum absolute atomic E-state index is 0.0297. The maximum Gasteiger partial charge on any atom is 0.238 e. The first-order chi connectivity index (χ1) is 8.84. The number of primary sulfonamides is 1. The van der Waals surface area contributed by atoms with Gasteiger partial charge in [0.2, 0.25) is 10.0 Å². The molecule has 19 heavy (non-hydrogen) atoms. The Labute approximate surface area is 116 Å². The summed E-state index contributed by atoms with van der Waals surface area (Å²) in [6.07, 6.45) is 0. The number of sulfonamides is 1. The van der Waals surface area contributed by atoms with E-state index < -0.39 is 10.0 Å². The van der Waals surface area contributed by atoms with Gasteiger partial charge in [0.05, 0.1) is 4.90 Å². The number of nitrogens with two attached hydrogens (primary N) is 2. The monoisotopic (exact) mass is 294 g/mol. The van der Waals surface area contributed by atoms with Gasteiger partial charge in [0.15, 0.2) is 0 Å². The van der Waals surface area contributed by atoms with Gasteiger partial charge in [-0.25, -0.2) is 13.6 Å². The van der Waals surface area contributed by atoms with Gasteiger partial charge < -0.3 is 5.73 Å². The highest BCUT2D eigenvalue weighted by Gasteiger charge is 2.10. The molecule has 2 aromatic rings. The van der Waals surface area contributed by atoms with Crippen molar-refractivity contribution in [3.63, 3.8) is 0 Å². The van der Waals surface area contributed by atoms with Crippen LogP contribution in [0.5, 0.6) is 0 Å². The second kappa shape index (κ2) is 5.24. The molecule has 0 saturated heterocycles. The zero-order chi connectivity index (χ0) is 14.0. The van der Waals surface area contributed by atoms with Crippen LogP contribution in [0.15, 0.2) is 57.2 Å². The SMILES string of the molecule is Cc1ccc(Sc2cc(N)cc(S(N)(=O)=O)c2)cc1. The second-order valence-electron chi connectivity index (χ2n) is 4.20. The maximum atomic E-state index is 11.3. The molecule has 2 aromatic carbocycles. The zero-order valence-electron chi connectivity index (χ0n) is 10.3. The van der Waals surface area contributed by atoms with Gasteiger partial charge in [-0.15, -0.1) is 0 Å². The Kier molecular flexibility index (Phi) is 3.84. The Bertz CT molecular complexity index is 695. The van der Waals surface area contributed by atoms with Crippen molar-refractivity contribution in [2.45, 2.75) is 21.6 Å². The van der Waals surface area contributed by atoms with E-state index >= 15 is 0 Å². The fourth-order valence-corrected chi connectivity index (χ4v) is 3.15. The van der Waals surface area contributed by atoms with Crippen molar-refractivity contribution in [3.8, 4) is 0 Å². The van der Waals surface area contributed by atoms with E-state index in [2.05, 4.69) is 0 Å². The first-order valence-corrected chi connectivity index (χ1v) is 7.89. The predicted molar refractivity (Wildman–Crippen MR) is 77.5 cm³/mol. The standard InChI is InChI=1S/C13H14N2O2S2/c1-9-2-4-11(5-3-9)18-12-6-10(14)7-13(8-12)19(15,16)17/h2-8H,14H2,1H3,(H2,15,16,17). The smallest absolute Gasteiger partial charge is 0.238 e. The van der Waals surface area contributed by atoms with Gasteiger partial charge in [0.25, 0.3) is 0 Å². The number of anilines is 1. The van der Waals surface area contributed by atoms with Crippen molar-refractivity contribution in [3.05, 3.63) is 48.0 Å². The summed E-state index contributed by atoms with van der Waals surface area (Å²) in [7, 11) is -3.74. The highest BCUT2D eigenvalue weighted by Crippen LogP contribution is 2.30. The van der Waals surface area contributed by atoms with Crippen LogP contribution in [-0.4, -0.2) is 8.42 Å². The molecule has 0 aromatic heterocycles. The van der Waals surface area contributed by atoms with Crippen molar-refractivity contribution >= 4 is 27.5 Å². The molecular formula is C13H14N2O2S2. The summed E-state index contributed by atoms with van der Waals surface area (Å²) in [6.45, 7) is 2.01. The summed E-state index contributed by atoms with van der Waals surface area (Å²) in [4.78, 5) is 1.78. The topological polar surface area (TPSA) is 86.2 Å². The summed E-state index contributed by atoms with van der Waals surface area (Å²) < 4.78 is 22.7.